The highest BCUT2D eigenvalue weighted by atomic mass is 16.5. The maximum Gasteiger partial charge on any atom is 0.0700 e. The first-order chi connectivity index (χ1) is 7.25. The van der Waals surface area contributed by atoms with E-state index in [1.54, 1.807) is 0 Å². The lowest BCUT2D eigenvalue weighted by atomic mass is 10.2. The molecule has 1 aliphatic rings. The zero-order chi connectivity index (χ0) is 10.7. The van der Waals surface area contributed by atoms with Crippen molar-refractivity contribution in [1.82, 2.24) is 15.1 Å². The van der Waals surface area contributed by atoms with Gasteiger partial charge in [-0.2, -0.15) is 5.10 Å². The summed E-state index contributed by atoms with van der Waals surface area (Å²) in [6, 6.07) is 2.11. The lowest BCUT2D eigenvalue weighted by molar-refractivity contribution is 0.110. The summed E-state index contributed by atoms with van der Waals surface area (Å²) in [5.74, 6) is 0. The van der Waals surface area contributed by atoms with Gasteiger partial charge in [-0.05, 0) is 25.8 Å². The fraction of sp³-hybridized carbons (Fsp3) is 0.727. The monoisotopic (exact) mass is 209 g/mol. The summed E-state index contributed by atoms with van der Waals surface area (Å²) in [6.07, 6.45) is 2.81. The highest BCUT2D eigenvalue weighted by molar-refractivity contribution is 5.08. The van der Waals surface area contributed by atoms with E-state index < -0.39 is 0 Å². The van der Waals surface area contributed by atoms with Gasteiger partial charge >= 0.3 is 0 Å². The van der Waals surface area contributed by atoms with Crippen LogP contribution in [0.25, 0.3) is 0 Å². The Balaban J connectivity index is 1.75. The number of aromatic nitrogens is 2. The van der Waals surface area contributed by atoms with E-state index in [1.165, 1.54) is 18.5 Å². The molecule has 1 fully saturated rings. The van der Waals surface area contributed by atoms with Gasteiger partial charge in [0.2, 0.25) is 0 Å². The minimum atomic E-state index is 0.416. The van der Waals surface area contributed by atoms with Gasteiger partial charge in [-0.3, -0.25) is 4.68 Å². The summed E-state index contributed by atoms with van der Waals surface area (Å²) in [4.78, 5) is 0. The molecule has 2 rings (SSSR count). The molecule has 0 spiro atoms. The number of ether oxygens (including phenoxy) is 1. The Morgan fingerprint density at radius 2 is 2.53 bits per heavy atom. The summed E-state index contributed by atoms with van der Waals surface area (Å²) in [5, 5.41) is 7.72. The van der Waals surface area contributed by atoms with E-state index in [1.807, 2.05) is 18.7 Å². The topological polar surface area (TPSA) is 39.1 Å². The third-order valence-electron chi connectivity index (χ3n) is 2.80. The fourth-order valence-electron chi connectivity index (χ4n) is 2.00. The second-order valence-electron chi connectivity index (χ2n) is 4.17. The third-order valence-corrected chi connectivity index (χ3v) is 2.80. The van der Waals surface area contributed by atoms with Crippen LogP contribution in [-0.2, 0) is 18.3 Å². The minimum Gasteiger partial charge on any atom is -0.377 e. The van der Waals surface area contributed by atoms with Crippen molar-refractivity contribution < 1.29 is 4.74 Å². The molecule has 0 radical (unpaired) electrons. The predicted octanol–water partition coefficient (Wildman–Crippen LogP) is 0.997. The molecule has 2 heterocycles. The van der Waals surface area contributed by atoms with Gasteiger partial charge in [-0.1, -0.05) is 0 Å². The molecule has 0 aromatic carbocycles. The molecule has 0 saturated carbocycles. The maximum atomic E-state index is 5.54. The molecule has 1 aromatic rings. The number of rotatable bonds is 4. The van der Waals surface area contributed by atoms with Crippen LogP contribution in [0.3, 0.4) is 0 Å². The SMILES string of the molecule is Cc1cc(CNCC2CCCO2)n(C)n1. The van der Waals surface area contributed by atoms with Crippen molar-refractivity contribution >= 4 is 0 Å². The summed E-state index contributed by atoms with van der Waals surface area (Å²) in [5.41, 5.74) is 2.30. The molecule has 84 valence electrons. The number of hydrogen-bond acceptors (Lipinski definition) is 3. The molecule has 4 heteroatoms. The lowest BCUT2D eigenvalue weighted by Gasteiger charge is -2.10. The summed E-state index contributed by atoms with van der Waals surface area (Å²) < 4.78 is 7.47. The second kappa shape index (κ2) is 4.77. The molecule has 1 aromatic heterocycles. The molecule has 1 aliphatic heterocycles. The molecule has 1 N–H and O–H groups in total. The Morgan fingerprint density at radius 1 is 1.67 bits per heavy atom. The largest absolute Gasteiger partial charge is 0.377 e. The van der Waals surface area contributed by atoms with Crippen molar-refractivity contribution in [3.8, 4) is 0 Å². The first-order valence-corrected chi connectivity index (χ1v) is 5.57. The van der Waals surface area contributed by atoms with Crippen molar-refractivity contribution in [2.45, 2.75) is 32.4 Å². The van der Waals surface area contributed by atoms with Crippen molar-refractivity contribution in [3.63, 3.8) is 0 Å². The molecule has 0 amide bonds. The van der Waals surface area contributed by atoms with E-state index >= 15 is 0 Å². The van der Waals surface area contributed by atoms with E-state index in [9.17, 15) is 0 Å². The van der Waals surface area contributed by atoms with E-state index in [0.29, 0.717) is 6.10 Å². The highest BCUT2D eigenvalue weighted by Gasteiger charge is 2.14. The highest BCUT2D eigenvalue weighted by Crippen LogP contribution is 2.10. The standard InChI is InChI=1S/C11H19N3O/c1-9-6-10(14(2)13-9)7-12-8-11-4-3-5-15-11/h6,11-12H,3-5,7-8H2,1-2H3. The van der Waals surface area contributed by atoms with Gasteiger partial charge in [0.1, 0.15) is 0 Å². The smallest absolute Gasteiger partial charge is 0.0700 e. The number of nitrogens with one attached hydrogen (secondary N) is 1. The molecule has 0 aliphatic carbocycles. The Bertz CT molecular complexity index is 316. The van der Waals surface area contributed by atoms with Crippen LogP contribution in [0.4, 0.5) is 0 Å². The van der Waals surface area contributed by atoms with Crippen LogP contribution in [0.2, 0.25) is 0 Å². The van der Waals surface area contributed by atoms with Crippen LogP contribution in [0.5, 0.6) is 0 Å². The Labute approximate surface area is 90.6 Å². The Hall–Kier alpha value is -0.870. The summed E-state index contributed by atoms with van der Waals surface area (Å²) in [7, 11) is 1.98. The van der Waals surface area contributed by atoms with Crippen LogP contribution in [0, 0.1) is 6.92 Å². The van der Waals surface area contributed by atoms with Crippen molar-refractivity contribution in [2.75, 3.05) is 13.2 Å². The van der Waals surface area contributed by atoms with Crippen molar-refractivity contribution in [2.24, 2.45) is 7.05 Å². The fourth-order valence-corrected chi connectivity index (χ4v) is 2.00. The van der Waals surface area contributed by atoms with Gasteiger partial charge in [0.05, 0.1) is 17.5 Å². The molecular formula is C11H19N3O. The molecule has 1 saturated heterocycles. The summed E-state index contributed by atoms with van der Waals surface area (Å²) in [6.45, 7) is 4.77. The quantitative estimate of drug-likeness (QED) is 0.804. The van der Waals surface area contributed by atoms with Gasteiger partial charge in [0.15, 0.2) is 0 Å². The average molecular weight is 209 g/mol. The van der Waals surface area contributed by atoms with Gasteiger partial charge < -0.3 is 10.1 Å². The van der Waals surface area contributed by atoms with Crippen LogP contribution >= 0.6 is 0 Å². The maximum absolute atomic E-state index is 5.54. The molecule has 1 unspecified atom stereocenters. The number of aryl methyl sites for hydroxylation is 2. The van der Waals surface area contributed by atoms with E-state index in [2.05, 4.69) is 16.5 Å². The molecule has 4 nitrogen and oxygen atoms in total. The summed E-state index contributed by atoms with van der Waals surface area (Å²) >= 11 is 0. The predicted molar refractivity (Wildman–Crippen MR) is 58.6 cm³/mol. The molecule has 0 bridgehead atoms. The first-order valence-electron chi connectivity index (χ1n) is 5.57. The average Bonchev–Trinajstić information content (AvgIpc) is 2.77. The number of hydrogen-bond donors (Lipinski definition) is 1. The molecular weight excluding hydrogens is 190 g/mol. The van der Waals surface area contributed by atoms with Gasteiger partial charge in [0.25, 0.3) is 0 Å². The van der Waals surface area contributed by atoms with Crippen molar-refractivity contribution in [1.29, 1.82) is 0 Å². The third kappa shape index (κ3) is 2.79. The number of nitrogens with zero attached hydrogens (tertiary/aromatic N) is 2. The van der Waals surface area contributed by atoms with E-state index in [0.717, 1.165) is 25.4 Å². The van der Waals surface area contributed by atoms with Gasteiger partial charge in [-0.15, -0.1) is 0 Å². The van der Waals surface area contributed by atoms with E-state index in [4.69, 9.17) is 4.74 Å². The van der Waals surface area contributed by atoms with Crippen LogP contribution < -0.4 is 5.32 Å². The zero-order valence-corrected chi connectivity index (χ0v) is 9.49. The molecule has 15 heavy (non-hydrogen) atoms. The van der Waals surface area contributed by atoms with Crippen molar-refractivity contribution in [3.05, 3.63) is 17.5 Å². The van der Waals surface area contributed by atoms with Gasteiger partial charge in [0, 0.05) is 26.7 Å². The Kier molecular flexibility index (Phi) is 3.38. The van der Waals surface area contributed by atoms with Crippen LogP contribution in [-0.4, -0.2) is 29.0 Å². The zero-order valence-electron chi connectivity index (χ0n) is 9.49. The second-order valence-corrected chi connectivity index (χ2v) is 4.17. The van der Waals surface area contributed by atoms with Crippen LogP contribution in [0.15, 0.2) is 6.07 Å². The van der Waals surface area contributed by atoms with Crippen LogP contribution in [0.1, 0.15) is 24.2 Å². The first kappa shape index (κ1) is 10.6. The van der Waals surface area contributed by atoms with E-state index in [-0.39, 0.29) is 0 Å². The lowest BCUT2D eigenvalue weighted by Crippen LogP contribution is -2.26. The minimum absolute atomic E-state index is 0.416. The molecule has 1 atom stereocenters. The van der Waals surface area contributed by atoms with Gasteiger partial charge in [-0.25, -0.2) is 0 Å². The Morgan fingerprint density at radius 3 is 3.13 bits per heavy atom. The normalized spacial score (nSPS) is 21.1.